The Bertz CT molecular complexity index is 1150. The first-order valence-corrected chi connectivity index (χ1v) is 10.5. The molecule has 0 atom stereocenters. The molecule has 0 aliphatic carbocycles. The average molecular weight is 438 g/mol. The number of hydrogen-bond acceptors (Lipinski definition) is 5. The van der Waals surface area contributed by atoms with E-state index in [-0.39, 0.29) is 5.69 Å². The molecule has 1 aromatic heterocycles. The predicted octanol–water partition coefficient (Wildman–Crippen LogP) is 3.20. The molecule has 8 heteroatoms. The Labute approximate surface area is 185 Å². The van der Waals surface area contributed by atoms with Crippen molar-refractivity contribution in [1.29, 1.82) is 0 Å². The number of nitrogens with zero attached hydrogens (tertiary/aromatic N) is 4. The summed E-state index contributed by atoms with van der Waals surface area (Å²) in [5.41, 5.74) is 2.37. The summed E-state index contributed by atoms with van der Waals surface area (Å²) < 4.78 is 1.57. The summed E-state index contributed by atoms with van der Waals surface area (Å²) in [6.07, 6.45) is 0. The number of benzene rings is 2. The Morgan fingerprint density at radius 2 is 1.71 bits per heavy atom. The molecule has 0 spiro atoms. The lowest BCUT2D eigenvalue weighted by molar-refractivity contribution is 0.101. The van der Waals surface area contributed by atoms with Crippen molar-refractivity contribution in [2.24, 2.45) is 0 Å². The van der Waals surface area contributed by atoms with Crippen molar-refractivity contribution in [2.45, 2.75) is 6.92 Å². The van der Waals surface area contributed by atoms with E-state index in [1.807, 2.05) is 24.3 Å². The number of amides is 1. The molecule has 31 heavy (non-hydrogen) atoms. The van der Waals surface area contributed by atoms with E-state index < -0.39 is 11.3 Å². The number of para-hydroxylation sites is 2. The number of carbonyl (C=O) groups excluding carboxylic acids is 1. The third-order valence-electron chi connectivity index (χ3n) is 5.39. The summed E-state index contributed by atoms with van der Waals surface area (Å²) in [6.45, 7) is 5.42. The van der Waals surface area contributed by atoms with Gasteiger partial charge in [0.1, 0.15) is 0 Å². The highest BCUT2D eigenvalue weighted by Crippen LogP contribution is 2.26. The third kappa shape index (κ3) is 4.62. The summed E-state index contributed by atoms with van der Waals surface area (Å²) in [6, 6.07) is 16.1. The number of anilines is 2. The summed E-state index contributed by atoms with van der Waals surface area (Å²) in [4.78, 5) is 30.1. The van der Waals surface area contributed by atoms with Gasteiger partial charge >= 0.3 is 0 Å². The third-order valence-corrected chi connectivity index (χ3v) is 5.64. The largest absolute Gasteiger partial charge is 0.367 e. The minimum atomic E-state index is -0.533. The molecule has 0 saturated carbocycles. The molecule has 1 amide bonds. The van der Waals surface area contributed by atoms with Crippen LogP contribution in [0.2, 0.25) is 5.02 Å². The summed E-state index contributed by atoms with van der Waals surface area (Å²) >= 11 is 5.97. The predicted molar refractivity (Wildman–Crippen MR) is 124 cm³/mol. The Hall–Kier alpha value is -3.16. The summed E-state index contributed by atoms with van der Waals surface area (Å²) in [5, 5.41) is 7.84. The van der Waals surface area contributed by atoms with Crippen LogP contribution in [-0.2, 0) is 0 Å². The van der Waals surface area contributed by atoms with Crippen LogP contribution in [-0.4, -0.2) is 53.8 Å². The minimum Gasteiger partial charge on any atom is -0.367 e. The topological polar surface area (TPSA) is 70.5 Å². The molecule has 1 aliphatic rings. The number of aryl methyl sites for hydroxylation is 1. The Balaban J connectivity index is 1.63. The zero-order chi connectivity index (χ0) is 22.0. The highest BCUT2D eigenvalue weighted by molar-refractivity contribution is 6.30. The lowest BCUT2D eigenvalue weighted by Gasteiger charge is -2.35. The number of piperazine rings is 1. The first-order chi connectivity index (χ1) is 14.9. The molecule has 0 radical (unpaired) electrons. The maximum absolute atomic E-state index is 13.0. The molecule has 0 unspecified atom stereocenters. The maximum Gasteiger partial charge on any atom is 0.280 e. The first kappa shape index (κ1) is 21.1. The van der Waals surface area contributed by atoms with Gasteiger partial charge in [0.05, 0.1) is 17.1 Å². The number of carbonyl (C=O) groups is 1. The summed E-state index contributed by atoms with van der Waals surface area (Å²) in [5.74, 6) is -0.533. The average Bonchev–Trinajstić information content (AvgIpc) is 2.76. The van der Waals surface area contributed by atoms with Gasteiger partial charge in [-0.25, -0.2) is 4.68 Å². The van der Waals surface area contributed by atoms with Gasteiger partial charge < -0.3 is 15.1 Å². The molecule has 3 aromatic rings. The van der Waals surface area contributed by atoms with Crippen LogP contribution < -0.4 is 15.6 Å². The SMILES string of the molecule is Cc1cc(=O)c(C(=O)Nc2ccccc2N2CCN(C)CC2)nn1-c1ccc(Cl)cc1. The van der Waals surface area contributed by atoms with Crippen molar-refractivity contribution in [3.05, 3.63) is 81.2 Å². The molecule has 1 N–H and O–H groups in total. The van der Waals surface area contributed by atoms with Gasteiger partial charge in [0.15, 0.2) is 5.69 Å². The van der Waals surface area contributed by atoms with Crippen molar-refractivity contribution in [1.82, 2.24) is 14.7 Å². The van der Waals surface area contributed by atoms with E-state index in [0.29, 0.717) is 22.1 Å². The second-order valence-corrected chi connectivity index (χ2v) is 8.08. The van der Waals surface area contributed by atoms with Crippen LogP contribution in [0.4, 0.5) is 11.4 Å². The fourth-order valence-electron chi connectivity index (χ4n) is 3.63. The molecule has 4 rings (SSSR count). The number of likely N-dealkylation sites (N-methyl/N-ethyl adjacent to an activating group) is 1. The van der Waals surface area contributed by atoms with Gasteiger partial charge in [0, 0.05) is 43.0 Å². The van der Waals surface area contributed by atoms with Crippen molar-refractivity contribution in [3.63, 3.8) is 0 Å². The molecule has 7 nitrogen and oxygen atoms in total. The van der Waals surface area contributed by atoms with Crippen LogP contribution in [0.5, 0.6) is 0 Å². The standard InChI is InChI=1S/C23H24ClN5O2/c1-16-15-21(30)22(26-29(16)18-9-7-17(24)8-10-18)23(31)25-19-5-3-4-6-20(19)28-13-11-27(2)12-14-28/h3-10,15H,11-14H2,1-2H3,(H,25,31). The smallest absolute Gasteiger partial charge is 0.280 e. The number of hydrogen-bond donors (Lipinski definition) is 1. The van der Waals surface area contributed by atoms with Crippen LogP contribution in [0.25, 0.3) is 5.69 Å². The Morgan fingerprint density at radius 1 is 1.03 bits per heavy atom. The van der Waals surface area contributed by atoms with E-state index in [1.54, 1.807) is 35.9 Å². The zero-order valence-electron chi connectivity index (χ0n) is 17.5. The first-order valence-electron chi connectivity index (χ1n) is 10.1. The summed E-state index contributed by atoms with van der Waals surface area (Å²) in [7, 11) is 2.10. The highest BCUT2D eigenvalue weighted by atomic mass is 35.5. The van der Waals surface area contributed by atoms with Gasteiger partial charge in [-0.2, -0.15) is 5.10 Å². The lowest BCUT2D eigenvalue weighted by Crippen LogP contribution is -2.44. The normalized spacial score (nSPS) is 14.5. The minimum absolute atomic E-state index is 0.159. The van der Waals surface area contributed by atoms with E-state index in [9.17, 15) is 9.59 Å². The molecule has 0 bridgehead atoms. The van der Waals surface area contributed by atoms with Gasteiger partial charge in [0.25, 0.3) is 5.91 Å². The molecule has 160 valence electrons. The highest BCUT2D eigenvalue weighted by Gasteiger charge is 2.20. The van der Waals surface area contributed by atoms with Crippen molar-refractivity contribution in [3.8, 4) is 5.69 Å². The molecular weight excluding hydrogens is 414 g/mol. The van der Waals surface area contributed by atoms with Gasteiger partial charge in [-0.1, -0.05) is 23.7 Å². The van der Waals surface area contributed by atoms with E-state index in [0.717, 1.165) is 31.9 Å². The Kier molecular flexibility index (Phi) is 6.06. The van der Waals surface area contributed by atoms with Crippen LogP contribution in [0.1, 0.15) is 16.2 Å². The van der Waals surface area contributed by atoms with Gasteiger partial charge in [-0.05, 0) is 50.4 Å². The van der Waals surface area contributed by atoms with Crippen LogP contribution in [0, 0.1) is 6.92 Å². The van der Waals surface area contributed by atoms with Crippen molar-refractivity contribution >= 4 is 28.9 Å². The molecule has 1 fully saturated rings. The van der Waals surface area contributed by atoms with E-state index in [4.69, 9.17) is 11.6 Å². The molecule has 2 heterocycles. The van der Waals surface area contributed by atoms with Crippen LogP contribution >= 0.6 is 11.6 Å². The monoisotopic (exact) mass is 437 g/mol. The maximum atomic E-state index is 13.0. The quantitative estimate of drug-likeness (QED) is 0.678. The van der Waals surface area contributed by atoms with Crippen LogP contribution in [0.15, 0.2) is 59.4 Å². The molecular formula is C23H24ClN5O2. The van der Waals surface area contributed by atoms with Crippen molar-refractivity contribution in [2.75, 3.05) is 43.4 Å². The molecule has 2 aromatic carbocycles. The lowest BCUT2D eigenvalue weighted by atomic mass is 10.2. The fourth-order valence-corrected chi connectivity index (χ4v) is 3.76. The molecule has 1 aliphatic heterocycles. The van der Waals surface area contributed by atoms with Gasteiger partial charge in [-0.3, -0.25) is 9.59 Å². The second kappa shape index (κ2) is 8.91. The fraction of sp³-hybridized carbons (Fsp3) is 0.261. The number of rotatable bonds is 4. The van der Waals surface area contributed by atoms with E-state index in [2.05, 4.69) is 27.3 Å². The van der Waals surface area contributed by atoms with Crippen LogP contribution in [0.3, 0.4) is 0 Å². The number of halogens is 1. The molecule has 1 saturated heterocycles. The second-order valence-electron chi connectivity index (χ2n) is 7.65. The van der Waals surface area contributed by atoms with Gasteiger partial charge in [0.2, 0.25) is 5.43 Å². The Morgan fingerprint density at radius 3 is 2.42 bits per heavy atom. The number of nitrogens with one attached hydrogen (secondary N) is 1. The van der Waals surface area contributed by atoms with E-state index in [1.165, 1.54) is 6.07 Å². The van der Waals surface area contributed by atoms with E-state index >= 15 is 0 Å². The van der Waals surface area contributed by atoms with Gasteiger partial charge in [-0.15, -0.1) is 0 Å². The van der Waals surface area contributed by atoms with Crippen molar-refractivity contribution < 1.29 is 4.79 Å². The zero-order valence-corrected chi connectivity index (χ0v) is 18.3. The number of aromatic nitrogens is 2.